The molecule has 1 aromatic carbocycles. The molecule has 2 aromatic rings. The summed E-state index contributed by atoms with van der Waals surface area (Å²) in [6, 6.07) is 8.31. The molecule has 3 nitrogen and oxygen atoms in total. The zero-order chi connectivity index (χ0) is 14.8. The third kappa shape index (κ3) is 3.18. The van der Waals surface area contributed by atoms with Crippen LogP contribution in [-0.2, 0) is 11.3 Å². The largest absolute Gasteiger partial charge is 0.317 e. The van der Waals surface area contributed by atoms with E-state index in [9.17, 15) is 4.79 Å². The summed E-state index contributed by atoms with van der Waals surface area (Å²) in [6.45, 7) is 9.18. The number of hydrogen-bond acceptors (Lipinski definition) is 3. The van der Waals surface area contributed by atoms with Gasteiger partial charge in [0.05, 0.1) is 10.2 Å². The molecule has 4 heteroatoms. The Bertz CT molecular complexity index is 674. The van der Waals surface area contributed by atoms with Crippen molar-refractivity contribution in [3.05, 3.63) is 29.1 Å². The summed E-state index contributed by atoms with van der Waals surface area (Å²) in [5.74, 6) is 0.179. The minimum atomic E-state index is -0.324. The third-order valence-corrected chi connectivity index (χ3v) is 4.33. The van der Waals surface area contributed by atoms with E-state index in [1.54, 1.807) is 11.3 Å². The van der Waals surface area contributed by atoms with Crippen molar-refractivity contribution in [1.29, 1.82) is 0 Å². The number of benzene rings is 1. The molecule has 0 spiro atoms. The molecule has 0 aliphatic rings. The molecule has 1 aromatic heterocycles. The van der Waals surface area contributed by atoms with Gasteiger partial charge in [0.1, 0.15) is 6.54 Å². The zero-order valence-corrected chi connectivity index (χ0v) is 13.5. The van der Waals surface area contributed by atoms with Crippen LogP contribution >= 0.6 is 11.3 Å². The second-order valence-corrected chi connectivity index (χ2v) is 7.00. The molecule has 0 atom stereocenters. The lowest BCUT2D eigenvalue weighted by atomic mass is 9.91. The van der Waals surface area contributed by atoms with Crippen LogP contribution in [0, 0.1) is 5.41 Å². The van der Waals surface area contributed by atoms with Crippen LogP contribution in [0.4, 0.5) is 0 Å². The van der Waals surface area contributed by atoms with Crippen molar-refractivity contribution in [3.8, 4) is 0 Å². The summed E-state index contributed by atoms with van der Waals surface area (Å²) in [5.41, 5.74) is 0.886. The fourth-order valence-electron chi connectivity index (χ4n) is 1.96. The highest BCUT2D eigenvalue weighted by Gasteiger charge is 2.20. The first-order valence-electron chi connectivity index (χ1n) is 7.05. The number of Topliss-reactive ketones (excluding diaryl/α,β-unsaturated/α-hetero) is 1. The molecule has 0 radical (unpaired) electrons. The number of thiazole rings is 1. The smallest absolute Gasteiger partial charge is 0.186 e. The van der Waals surface area contributed by atoms with Crippen molar-refractivity contribution >= 4 is 27.3 Å². The highest BCUT2D eigenvalue weighted by Crippen LogP contribution is 2.17. The van der Waals surface area contributed by atoms with E-state index in [1.165, 1.54) is 10.2 Å². The maximum Gasteiger partial charge on any atom is 0.186 e. The fourth-order valence-corrected chi connectivity index (χ4v) is 3.01. The summed E-state index contributed by atoms with van der Waals surface area (Å²) in [7, 11) is 0. The molecule has 0 fully saturated rings. The van der Waals surface area contributed by atoms with Gasteiger partial charge in [-0.1, -0.05) is 51.2 Å². The van der Waals surface area contributed by atoms with Gasteiger partial charge in [-0.05, 0) is 18.6 Å². The van der Waals surface area contributed by atoms with Crippen LogP contribution < -0.4 is 4.80 Å². The molecule has 0 bridgehead atoms. The van der Waals surface area contributed by atoms with Gasteiger partial charge in [-0.25, -0.2) is 0 Å². The van der Waals surface area contributed by atoms with Gasteiger partial charge >= 0.3 is 0 Å². The minimum absolute atomic E-state index is 0.179. The van der Waals surface area contributed by atoms with E-state index in [4.69, 9.17) is 0 Å². The van der Waals surface area contributed by atoms with Crippen molar-refractivity contribution in [2.75, 3.05) is 6.54 Å². The molecule has 0 amide bonds. The van der Waals surface area contributed by atoms with Gasteiger partial charge in [0.2, 0.25) is 0 Å². The zero-order valence-electron chi connectivity index (χ0n) is 12.6. The highest BCUT2D eigenvalue weighted by molar-refractivity contribution is 7.16. The van der Waals surface area contributed by atoms with E-state index in [1.807, 2.05) is 32.9 Å². The second kappa shape index (κ2) is 5.92. The van der Waals surface area contributed by atoms with Crippen LogP contribution in [-0.4, -0.2) is 16.9 Å². The number of rotatable bonds is 4. The van der Waals surface area contributed by atoms with Gasteiger partial charge in [-0.3, -0.25) is 9.79 Å². The molecule has 1 heterocycles. The van der Waals surface area contributed by atoms with Crippen molar-refractivity contribution in [3.63, 3.8) is 0 Å². The summed E-state index contributed by atoms with van der Waals surface area (Å²) in [4.78, 5) is 17.5. The SMILES string of the molecule is CCCn1c(=NCC(=O)C(C)(C)C)sc2ccccc21. The number of carbonyl (C=O) groups is 1. The first-order valence-corrected chi connectivity index (χ1v) is 7.87. The van der Waals surface area contributed by atoms with Gasteiger partial charge in [-0.15, -0.1) is 0 Å². The molecule has 0 unspecified atom stereocenters. The Kier molecular flexibility index (Phi) is 4.43. The van der Waals surface area contributed by atoms with E-state index in [-0.39, 0.29) is 17.7 Å². The topological polar surface area (TPSA) is 34.4 Å². The van der Waals surface area contributed by atoms with Crippen LogP contribution in [0.2, 0.25) is 0 Å². The number of aromatic nitrogens is 1. The first-order chi connectivity index (χ1) is 9.43. The van der Waals surface area contributed by atoms with E-state index in [2.05, 4.69) is 28.6 Å². The minimum Gasteiger partial charge on any atom is -0.317 e. The molecular weight excluding hydrogens is 268 g/mol. The maximum absolute atomic E-state index is 12.0. The summed E-state index contributed by atoms with van der Waals surface area (Å²) in [6.07, 6.45) is 1.06. The third-order valence-electron chi connectivity index (χ3n) is 3.23. The number of fused-ring (bicyclic) bond motifs is 1. The first kappa shape index (κ1) is 15.0. The lowest BCUT2D eigenvalue weighted by molar-refractivity contribution is -0.124. The van der Waals surface area contributed by atoms with Crippen LogP contribution in [0.25, 0.3) is 10.2 Å². The standard InChI is InChI=1S/C16H22N2OS/c1-5-10-18-12-8-6-7-9-13(12)20-15(18)17-11-14(19)16(2,3)4/h6-9H,5,10-11H2,1-4H3. The maximum atomic E-state index is 12.0. The predicted octanol–water partition coefficient (Wildman–Crippen LogP) is 3.63. The number of carbonyl (C=O) groups excluding carboxylic acids is 1. The van der Waals surface area contributed by atoms with Crippen molar-refractivity contribution in [2.24, 2.45) is 10.4 Å². The molecule has 0 saturated heterocycles. The molecule has 108 valence electrons. The van der Waals surface area contributed by atoms with Gasteiger partial charge in [-0.2, -0.15) is 0 Å². The highest BCUT2D eigenvalue weighted by atomic mass is 32.1. The van der Waals surface area contributed by atoms with Gasteiger partial charge in [0.15, 0.2) is 10.6 Å². The average Bonchev–Trinajstić information content (AvgIpc) is 2.74. The summed E-state index contributed by atoms with van der Waals surface area (Å²) in [5, 5.41) is 0. The van der Waals surface area contributed by atoms with E-state index in [0.29, 0.717) is 0 Å². The number of nitrogens with zero attached hydrogens (tertiary/aromatic N) is 2. The normalized spacial score (nSPS) is 13.1. The van der Waals surface area contributed by atoms with E-state index in [0.717, 1.165) is 17.8 Å². The van der Waals surface area contributed by atoms with Crippen LogP contribution in [0.3, 0.4) is 0 Å². The van der Waals surface area contributed by atoms with Crippen molar-refractivity contribution in [2.45, 2.75) is 40.7 Å². The second-order valence-electron chi connectivity index (χ2n) is 5.99. The predicted molar refractivity (Wildman–Crippen MR) is 85.0 cm³/mol. The van der Waals surface area contributed by atoms with Gasteiger partial charge in [0.25, 0.3) is 0 Å². The van der Waals surface area contributed by atoms with Crippen LogP contribution in [0.15, 0.2) is 29.3 Å². The van der Waals surface area contributed by atoms with Crippen molar-refractivity contribution in [1.82, 2.24) is 4.57 Å². The fraction of sp³-hybridized carbons (Fsp3) is 0.500. The van der Waals surface area contributed by atoms with E-state index >= 15 is 0 Å². The van der Waals surface area contributed by atoms with E-state index < -0.39 is 0 Å². The Labute approximate surface area is 124 Å². The molecule has 0 aliphatic carbocycles. The molecule has 0 aliphatic heterocycles. The Balaban J connectivity index is 2.43. The molecule has 0 N–H and O–H groups in total. The van der Waals surface area contributed by atoms with Gasteiger partial charge < -0.3 is 4.57 Å². The molecule has 0 saturated carbocycles. The molecular formula is C16H22N2OS. The lowest BCUT2D eigenvalue weighted by Gasteiger charge is -2.14. The van der Waals surface area contributed by atoms with Crippen molar-refractivity contribution < 1.29 is 4.79 Å². The Morgan fingerprint density at radius 3 is 2.65 bits per heavy atom. The lowest BCUT2D eigenvalue weighted by Crippen LogP contribution is -2.25. The Morgan fingerprint density at radius 2 is 2.00 bits per heavy atom. The molecule has 20 heavy (non-hydrogen) atoms. The monoisotopic (exact) mass is 290 g/mol. The number of aryl methyl sites for hydroxylation is 1. The summed E-state index contributed by atoms with van der Waals surface area (Å²) >= 11 is 1.66. The Hall–Kier alpha value is -1.42. The average molecular weight is 290 g/mol. The number of para-hydroxylation sites is 1. The molecule has 2 rings (SSSR count). The van der Waals surface area contributed by atoms with Crippen LogP contribution in [0.5, 0.6) is 0 Å². The number of ketones is 1. The quantitative estimate of drug-likeness (QED) is 0.846. The van der Waals surface area contributed by atoms with Crippen LogP contribution in [0.1, 0.15) is 34.1 Å². The Morgan fingerprint density at radius 1 is 1.30 bits per heavy atom. The van der Waals surface area contributed by atoms with Gasteiger partial charge in [0, 0.05) is 12.0 Å². The number of hydrogen-bond donors (Lipinski definition) is 0. The summed E-state index contributed by atoms with van der Waals surface area (Å²) < 4.78 is 3.44.